The van der Waals surface area contributed by atoms with Gasteiger partial charge in [-0.15, -0.1) is 0 Å². The van der Waals surface area contributed by atoms with E-state index in [2.05, 4.69) is 26.6 Å². The normalized spacial score (nSPS) is 32.0. The second-order valence-electron chi connectivity index (χ2n) is 9.76. The summed E-state index contributed by atoms with van der Waals surface area (Å²) in [5.41, 5.74) is -0.558. The highest BCUT2D eigenvalue weighted by Crippen LogP contribution is 2.60. The lowest BCUT2D eigenvalue weighted by atomic mass is 9.70. The van der Waals surface area contributed by atoms with E-state index in [0.29, 0.717) is 30.9 Å². The van der Waals surface area contributed by atoms with Gasteiger partial charge < -0.3 is 30.1 Å². The van der Waals surface area contributed by atoms with Gasteiger partial charge in [0.25, 0.3) is 0 Å². The molecule has 7 atom stereocenters. The van der Waals surface area contributed by atoms with Gasteiger partial charge in [-0.2, -0.15) is 0 Å². The van der Waals surface area contributed by atoms with E-state index < -0.39 is 35.6 Å². The Bertz CT molecular complexity index is 968. The second kappa shape index (κ2) is 10.1. The number of nitrogens with one attached hydrogen (secondary N) is 2. The number of rotatable bonds is 9. The highest BCUT2D eigenvalue weighted by Gasteiger charge is 2.77. The van der Waals surface area contributed by atoms with Gasteiger partial charge in [0.15, 0.2) is 0 Å². The molecule has 10 heteroatoms. The Balaban J connectivity index is 1.67. The molecule has 3 unspecified atom stereocenters. The number of alkyl halides is 1. The monoisotopic (exact) mass is 551 g/mol. The van der Waals surface area contributed by atoms with E-state index >= 15 is 0 Å². The van der Waals surface area contributed by atoms with Crippen molar-refractivity contribution in [1.29, 1.82) is 0 Å². The van der Waals surface area contributed by atoms with Crippen LogP contribution in [0.2, 0.25) is 0 Å². The van der Waals surface area contributed by atoms with Crippen LogP contribution in [-0.2, 0) is 19.1 Å². The molecule has 192 valence electrons. The van der Waals surface area contributed by atoms with Crippen LogP contribution in [0.4, 0.5) is 5.69 Å². The Hall–Kier alpha value is -2.17. The number of amides is 3. The van der Waals surface area contributed by atoms with E-state index in [1.54, 1.807) is 24.3 Å². The molecule has 35 heavy (non-hydrogen) atoms. The first-order chi connectivity index (χ1) is 16.7. The van der Waals surface area contributed by atoms with E-state index in [-0.39, 0.29) is 35.2 Å². The minimum absolute atomic E-state index is 0.138. The van der Waals surface area contributed by atoms with Gasteiger partial charge in [-0.25, -0.2) is 0 Å². The second-order valence-corrected chi connectivity index (χ2v) is 10.9. The zero-order chi connectivity index (χ0) is 25.5. The van der Waals surface area contributed by atoms with E-state index in [0.717, 1.165) is 0 Å². The summed E-state index contributed by atoms with van der Waals surface area (Å²) in [5.74, 6) is -1.86. The Labute approximate surface area is 214 Å². The Kier molecular flexibility index (Phi) is 7.45. The lowest BCUT2D eigenvalue weighted by Crippen LogP contribution is -2.59. The van der Waals surface area contributed by atoms with Crippen molar-refractivity contribution in [2.75, 3.05) is 18.5 Å². The number of carbonyl (C=O) groups excluding carboxylic acids is 3. The number of anilines is 1. The zero-order valence-electron chi connectivity index (χ0n) is 20.5. The summed E-state index contributed by atoms with van der Waals surface area (Å²) in [6.45, 7) is 7.73. The van der Waals surface area contributed by atoms with Crippen LogP contribution in [0.3, 0.4) is 0 Å². The van der Waals surface area contributed by atoms with E-state index in [1.807, 2.05) is 27.7 Å². The predicted octanol–water partition coefficient (Wildman–Crippen LogP) is 2.07. The van der Waals surface area contributed by atoms with Crippen molar-refractivity contribution in [3.8, 4) is 5.75 Å². The number of ether oxygens (including phenoxy) is 2. The van der Waals surface area contributed by atoms with Gasteiger partial charge in [-0.1, -0.05) is 22.9 Å². The Morgan fingerprint density at radius 1 is 1.26 bits per heavy atom. The van der Waals surface area contributed by atoms with Gasteiger partial charge in [-0.3, -0.25) is 14.4 Å². The maximum absolute atomic E-state index is 13.9. The summed E-state index contributed by atoms with van der Waals surface area (Å²) in [5, 5.41) is 15.9. The predicted molar refractivity (Wildman–Crippen MR) is 133 cm³/mol. The molecule has 3 heterocycles. The van der Waals surface area contributed by atoms with Crippen molar-refractivity contribution in [2.24, 2.45) is 11.8 Å². The fourth-order valence-corrected chi connectivity index (χ4v) is 6.81. The molecule has 0 aliphatic carbocycles. The van der Waals surface area contributed by atoms with Gasteiger partial charge in [0.05, 0.1) is 37.2 Å². The van der Waals surface area contributed by atoms with Crippen LogP contribution in [0.1, 0.15) is 40.5 Å². The van der Waals surface area contributed by atoms with Crippen LogP contribution < -0.4 is 15.4 Å². The largest absolute Gasteiger partial charge is 0.494 e. The van der Waals surface area contributed by atoms with Crippen LogP contribution in [-0.4, -0.2) is 75.6 Å². The molecule has 3 saturated heterocycles. The molecule has 3 amide bonds. The molecule has 1 spiro atoms. The summed E-state index contributed by atoms with van der Waals surface area (Å²) in [6.07, 6.45) is 0.355. The van der Waals surface area contributed by atoms with Crippen LogP contribution in [0, 0.1) is 11.8 Å². The zero-order valence-corrected chi connectivity index (χ0v) is 22.1. The number of carbonyl (C=O) groups is 3. The quantitative estimate of drug-likeness (QED) is 0.404. The summed E-state index contributed by atoms with van der Waals surface area (Å²) in [4.78, 5) is 42.1. The standard InChI is InChI=1S/C25H34BrN3O6/c1-5-15(12-30)29-21(23(32)27-13(3)4)25-11-17(26)20(35-25)18(19(25)24(29)33)22(31)28-14-7-9-16(10-8-14)34-6-2/h7-10,13,15,17-21,30H,5-6,11-12H2,1-4H3,(H,27,32)(H,28,31)/t15-,17?,18+,19-,20+,21?,25?/m0/s1. The van der Waals surface area contributed by atoms with Gasteiger partial charge in [0, 0.05) is 16.6 Å². The summed E-state index contributed by atoms with van der Waals surface area (Å²) < 4.78 is 11.9. The van der Waals surface area contributed by atoms with E-state index in [9.17, 15) is 19.5 Å². The molecule has 3 aliphatic rings. The van der Waals surface area contributed by atoms with Crippen molar-refractivity contribution in [1.82, 2.24) is 10.2 Å². The first-order valence-corrected chi connectivity index (χ1v) is 13.2. The van der Waals surface area contributed by atoms with Crippen LogP contribution in [0.15, 0.2) is 24.3 Å². The van der Waals surface area contributed by atoms with Gasteiger partial charge in [0.1, 0.15) is 17.4 Å². The topological polar surface area (TPSA) is 117 Å². The minimum atomic E-state index is -1.14. The van der Waals surface area contributed by atoms with Crippen molar-refractivity contribution >= 4 is 39.3 Å². The molecule has 1 aromatic rings. The number of fused-ring (bicyclic) bond motifs is 1. The SMILES string of the molecule is CCOc1ccc(NC(=O)[C@H]2[C@@H]3OC4(CC3Br)C(C(=O)NC(C)C)N([C@@H](CC)CO)C(=O)[C@H]24)cc1. The van der Waals surface area contributed by atoms with Gasteiger partial charge in [0.2, 0.25) is 17.7 Å². The number of halogens is 1. The lowest BCUT2D eigenvalue weighted by Gasteiger charge is -2.37. The molecular weight excluding hydrogens is 518 g/mol. The summed E-state index contributed by atoms with van der Waals surface area (Å²) >= 11 is 3.65. The number of nitrogens with zero attached hydrogens (tertiary/aromatic N) is 1. The maximum Gasteiger partial charge on any atom is 0.246 e. The first kappa shape index (κ1) is 25.9. The Morgan fingerprint density at radius 3 is 2.51 bits per heavy atom. The first-order valence-electron chi connectivity index (χ1n) is 12.3. The third-order valence-electron chi connectivity index (χ3n) is 7.22. The molecule has 2 bridgehead atoms. The van der Waals surface area contributed by atoms with Crippen LogP contribution in [0.5, 0.6) is 5.75 Å². The van der Waals surface area contributed by atoms with Gasteiger partial charge >= 0.3 is 0 Å². The van der Waals surface area contributed by atoms with Crippen LogP contribution in [0.25, 0.3) is 0 Å². The number of benzene rings is 1. The molecule has 9 nitrogen and oxygen atoms in total. The van der Waals surface area contributed by atoms with Crippen molar-refractivity contribution in [2.45, 2.75) is 75.2 Å². The lowest BCUT2D eigenvalue weighted by molar-refractivity contribution is -0.145. The molecule has 3 N–H and O–H groups in total. The van der Waals surface area contributed by atoms with Crippen molar-refractivity contribution < 1.29 is 29.0 Å². The number of aliphatic hydroxyl groups excluding tert-OH is 1. The number of hydrogen-bond donors (Lipinski definition) is 3. The highest BCUT2D eigenvalue weighted by molar-refractivity contribution is 9.09. The average Bonchev–Trinajstić information content (AvgIpc) is 3.39. The Morgan fingerprint density at radius 2 is 1.94 bits per heavy atom. The third kappa shape index (κ3) is 4.34. The highest BCUT2D eigenvalue weighted by atomic mass is 79.9. The minimum Gasteiger partial charge on any atom is -0.494 e. The molecule has 3 fully saturated rings. The third-order valence-corrected chi connectivity index (χ3v) is 8.06. The number of likely N-dealkylation sites (tertiary alicyclic amines) is 1. The maximum atomic E-state index is 13.9. The fourth-order valence-electron chi connectivity index (χ4n) is 5.86. The molecule has 0 aromatic heterocycles. The molecule has 1 aromatic carbocycles. The molecule has 0 radical (unpaired) electrons. The average molecular weight is 552 g/mol. The summed E-state index contributed by atoms with van der Waals surface area (Å²) in [6, 6.07) is 5.43. The number of aliphatic hydroxyl groups is 1. The summed E-state index contributed by atoms with van der Waals surface area (Å²) in [7, 11) is 0. The van der Waals surface area contributed by atoms with Crippen molar-refractivity contribution in [3.63, 3.8) is 0 Å². The van der Waals surface area contributed by atoms with Gasteiger partial charge in [-0.05, 0) is 57.9 Å². The molecular formula is C25H34BrN3O6. The molecule has 4 rings (SSSR count). The molecule has 3 aliphatic heterocycles. The van der Waals surface area contributed by atoms with E-state index in [4.69, 9.17) is 9.47 Å². The van der Waals surface area contributed by atoms with Crippen molar-refractivity contribution in [3.05, 3.63) is 24.3 Å². The molecule has 0 saturated carbocycles. The smallest absolute Gasteiger partial charge is 0.246 e. The number of hydrogen-bond acceptors (Lipinski definition) is 6. The fraction of sp³-hybridized carbons (Fsp3) is 0.640. The van der Waals surface area contributed by atoms with E-state index in [1.165, 1.54) is 4.90 Å². The van der Waals surface area contributed by atoms with Crippen LogP contribution >= 0.6 is 15.9 Å².